The van der Waals surface area contributed by atoms with Gasteiger partial charge in [-0.05, 0) is 20.2 Å². The van der Waals surface area contributed by atoms with Crippen LogP contribution in [0.5, 0.6) is 5.75 Å². The topological polar surface area (TPSA) is 119 Å². The van der Waals surface area contributed by atoms with Crippen molar-refractivity contribution in [2.24, 2.45) is 5.41 Å². The molecule has 10 nitrogen and oxygen atoms in total. The van der Waals surface area contributed by atoms with Gasteiger partial charge in [0.2, 0.25) is 16.0 Å². The number of thioether (sulfide) groups is 1. The highest BCUT2D eigenvalue weighted by molar-refractivity contribution is 8.17. The summed E-state index contributed by atoms with van der Waals surface area (Å²) < 4.78 is 32.0. The van der Waals surface area contributed by atoms with Gasteiger partial charge < -0.3 is 19.8 Å². The van der Waals surface area contributed by atoms with E-state index in [1.807, 2.05) is 4.90 Å². The van der Waals surface area contributed by atoms with Crippen molar-refractivity contribution in [1.29, 1.82) is 0 Å². The third-order valence-corrected chi connectivity index (χ3v) is 10.1. The highest BCUT2D eigenvalue weighted by Crippen LogP contribution is 2.46. The highest BCUT2D eigenvalue weighted by atomic mass is 32.3. The SMILES string of the molecule is C.C/C=C(\SC)S(=O)(=O)N1CCN(c2ncc(O)cn2)CC1.CN1C(CO)C2(C)COCC12. The van der Waals surface area contributed by atoms with Crippen LogP contribution in [0.15, 0.2) is 22.7 Å². The quantitative estimate of drug-likeness (QED) is 0.606. The van der Waals surface area contributed by atoms with Crippen molar-refractivity contribution in [2.75, 3.05) is 64.2 Å². The Hall–Kier alpha value is -1.44. The number of aliphatic hydroxyl groups excluding tert-OH is 1. The molecule has 3 atom stereocenters. The minimum absolute atomic E-state index is 0. The van der Waals surface area contributed by atoms with Crippen LogP contribution in [0.2, 0.25) is 0 Å². The van der Waals surface area contributed by atoms with Gasteiger partial charge in [0.25, 0.3) is 0 Å². The standard InChI is InChI=1S/C12H18N4O3S2.C8H15NO2.CH4/c1-3-11(20-2)21(18,19)16-6-4-15(5-7-16)12-13-8-10(17)9-14-12;1-8-5-11-4-7(8)9(2)6(8)3-10;/h3,8-9,17H,4-7H2,1-2H3;6-7,10H,3-5H2,1-2H3;1H4/b11-3+;;. The molecule has 3 saturated heterocycles. The fourth-order valence-corrected chi connectivity index (χ4v) is 7.21. The lowest BCUT2D eigenvalue weighted by molar-refractivity contribution is -0.101. The predicted octanol–water partition coefficient (Wildman–Crippen LogP) is 1.19. The average Bonchev–Trinajstić information content (AvgIpc) is 3.13. The van der Waals surface area contributed by atoms with E-state index in [-0.39, 0.29) is 25.2 Å². The zero-order valence-corrected chi connectivity index (χ0v) is 20.6. The van der Waals surface area contributed by atoms with Crippen molar-refractivity contribution < 1.29 is 23.4 Å². The molecule has 4 heterocycles. The molecule has 2 N–H and O–H groups in total. The molecule has 0 amide bonds. The Balaban J connectivity index is 0.000000270. The average molecular weight is 504 g/mol. The summed E-state index contributed by atoms with van der Waals surface area (Å²) in [6.07, 6.45) is 6.04. The summed E-state index contributed by atoms with van der Waals surface area (Å²) in [7, 11) is -1.33. The van der Waals surface area contributed by atoms with E-state index in [1.54, 1.807) is 19.3 Å². The molecule has 3 aliphatic rings. The number of aliphatic hydroxyl groups is 1. The fraction of sp³-hybridized carbons (Fsp3) is 0.714. The van der Waals surface area contributed by atoms with E-state index in [2.05, 4.69) is 28.8 Å². The van der Waals surface area contributed by atoms with Crippen LogP contribution in [0.4, 0.5) is 5.95 Å². The molecular weight excluding hydrogens is 466 g/mol. The predicted molar refractivity (Wildman–Crippen MR) is 132 cm³/mol. The van der Waals surface area contributed by atoms with E-state index in [0.717, 1.165) is 13.2 Å². The van der Waals surface area contributed by atoms with E-state index in [0.29, 0.717) is 48.4 Å². The van der Waals surface area contributed by atoms with Crippen LogP contribution in [-0.2, 0) is 14.8 Å². The van der Waals surface area contributed by atoms with Gasteiger partial charge in [0.15, 0.2) is 5.75 Å². The van der Waals surface area contributed by atoms with Crippen molar-refractivity contribution in [1.82, 2.24) is 19.2 Å². The molecule has 12 heteroatoms. The number of piperazine rings is 1. The summed E-state index contributed by atoms with van der Waals surface area (Å²) in [6, 6.07) is 0.856. The van der Waals surface area contributed by atoms with Crippen molar-refractivity contribution in [3.05, 3.63) is 22.7 Å². The van der Waals surface area contributed by atoms with Crippen molar-refractivity contribution in [3.63, 3.8) is 0 Å². The van der Waals surface area contributed by atoms with Crippen molar-refractivity contribution in [2.45, 2.75) is 33.4 Å². The molecule has 0 aromatic carbocycles. The number of allylic oxidation sites excluding steroid dienone is 1. The summed E-state index contributed by atoms with van der Waals surface area (Å²) >= 11 is 1.23. The van der Waals surface area contributed by atoms with Crippen LogP contribution in [0.1, 0.15) is 21.3 Å². The number of hydrogen-bond donors (Lipinski definition) is 2. The summed E-state index contributed by atoms with van der Waals surface area (Å²) in [5.74, 6) is 0.513. The zero-order chi connectivity index (χ0) is 23.5. The molecule has 1 aromatic rings. The summed E-state index contributed by atoms with van der Waals surface area (Å²) in [6.45, 7) is 7.67. The third-order valence-electron chi connectivity index (χ3n) is 6.54. The van der Waals surface area contributed by atoms with Crippen molar-refractivity contribution in [3.8, 4) is 5.75 Å². The molecule has 0 spiro atoms. The molecule has 3 unspecified atom stereocenters. The number of ether oxygens (including phenoxy) is 1. The summed E-state index contributed by atoms with van der Waals surface area (Å²) in [5, 5.41) is 18.3. The monoisotopic (exact) mass is 503 g/mol. The van der Waals surface area contributed by atoms with Gasteiger partial charge in [-0.25, -0.2) is 18.4 Å². The molecule has 3 fully saturated rings. The number of hydrogen-bond acceptors (Lipinski definition) is 10. The number of nitrogens with zero attached hydrogens (tertiary/aromatic N) is 5. The number of likely N-dealkylation sites (tertiary alicyclic amines) is 1. The van der Waals surface area contributed by atoms with Gasteiger partial charge in [-0.3, -0.25) is 4.90 Å². The first-order valence-electron chi connectivity index (χ1n) is 10.6. The van der Waals surface area contributed by atoms with Gasteiger partial charge in [-0.2, -0.15) is 4.31 Å². The van der Waals surface area contributed by atoms with Gasteiger partial charge in [0.05, 0.1) is 32.2 Å². The van der Waals surface area contributed by atoms with Crippen molar-refractivity contribution >= 4 is 27.7 Å². The first-order valence-corrected chi connectivity index (χ1v) is 13.2. The van der Waals surface area contributed by atoms with E-state index in [9.17, 15) is 13.5 Å². The Labute approximate surface area is 201 Å². The van der Waals surface area contributed by atoms with Crippen LogP contribution in [-0.4, -0.2) is 109 Å². The minimum Gasteiger partial charge on any atom is -0.505 e. The second-order valence-electron chi connectivity index (χ2n) is 8.34. The maximum absolute atomic E-state index is 12.4. The normalized spacial score (nSPS) is 28.3. The lowest BCUT2D eigenvalue weighted by atomic mass is 9.69. The summed E-state index contributed by atoms with van der Waals surface area (Å²) in [5.41, 5.74) is 0.226. The zero-order valence-electron chi connectivity index (χ0n) is 19.0. The number of rotatable bonds is 5. The fourth-order valence-electron chi connectivity index (χ4n) is 4.62. The Morgan fingerprint density at radius 1 is 1.30 bits per heavy atom. The number of aromatic nitrogens is 2. The number of aromatic hydroxyl groups is 1. The number of sulfonamides is 1. The second-order valence-corrected chi connectivity index (χ2v) is 11.4. The van der Waals surface area contributed by atoms with Crippen LogP contribution in [0.25, 0.3) is 0 Å². The van der Waals surface area contributed by atoms with Crippen LogP contribution in [0.3, 0.4) is 0 Å². The molecule has 3 aliphatic heterocycles. The Morgan fingerprint density at radius 3 is 2.42 bits per heavy atom. The molecule has 0 aliphatic carbocycles. The van der Waals surface area contributed by atoms with Gasteiger partial charge in [0.1, 0.15) is 4.24 Å². The number of likely N-dealkylation sites (N-methyl/N-ethyl adjacent to an activating group) is 1. The van der Waals surface area contributed by atoms with E-state index in [1.165, 1.54) is 28.5 Å². The maximum atomic E-state index is 12.4. The molecule has 188 valence electrons. The molecule has 0 bridgehead atoms. The first-order chi connectivity index (χ1) is 15.2. The van der Waals surface area contributed by atoms with Gasteiger partial charge in [-0.1, -0.05) is 20.4 Å². The Kier molecular flexibility index (Phi) is 9.54. The van der Waals surface area contributed by atoms with Crippen LogP contribution >= 0.6 is 11.8 Å². The summed E-state index contributed by atoms with van der Waals surface area (Å²) in [4.78, 5) is 12.2. The smallest absolute Gasteiger partial charge is 0.248 e. The molecule has 0 saturated carbocycles. The molecule has 1 aromatic heterocycles. The second kappa shape index (κ2) is 11.3. The lowest BCUT2D eigenvalue weighted by Gasteiger charge is -2.56. The third kappa shape index (κ3) is 5.46. The lowest BCUT2D eigenvalue weighted by Crippen LogP contribution is -2.69. The van der Waals surface area contributed by atoms with Gasteiger partial charge >= 0.3 is 0 Å². The Bertz CT molecular complexity index is 906. The number of fused-ring (bicyclic) bond motifs is 1. The number of anilines is 1. The van der Waals surface area contributed by atoms with E-state index in [4.69, 9.17) is 9.84 Å². The van der Waals surface area contributed by atoms with Crippen LogP contribution < -0.4 is 4.90 Å². The molecule has 0 radical (unpaired) electrons. The molecule has 33 heavy (non-hydrogen) atoms. The molecular formula is C21H37N5O5S2. The highest BCUT2D eigenvalue weighted by Gasteiger charge is 2.58. The first kappa shape index (κ1) is 27.8. The minimum atomic E-state index is -3.39. The van der Waals surface area contributed by atoms with Gasteiger partial charge in [0, 0.05) is 43.7 Å². The maximum Gasteiger partial charge on any atom is 0.248 e. The van der Waals surface area contributed by atoms with E-state index < -0.39 is 10.0 Å². The van der Waals surface area contributed by atoms with Gasteiger partial charge in [-0.15, -0.1) is 11.8 Å². The van der Waals surface area contributed by atoms with Crippen LogP contribution in [0, 0.1) is 5.41 Å². The molecule has 4 rings (SSSR count). The Morgan fingerprint density at radius 2 is 1.91 bits per heavy atom. The largest absolute Gasteiger partial charge is 0.505 e. The van der Waals surface area contributed by atoms with E-state index >= 15 is 0 Å².